The molecule has 0 amide bonds. The van der Waals surface area contributed by atoms with Crippen molar-refractivity contribution in [2.24, 2.45) is 0 Å². The highest BCUT2D eigenvalue weighted by atomic mass is 16.6. The summed E-state index contributed by atoms with van der Waals surface area (Å²) in [5.41, 5.74) is 1.06. The fourth-order valence-electron chi connectivity index (χ4n) is 1.61. The van der Waals surface area contributed by atoms with Crippen LogP contribution in [0.15, 0.2) is 36.5 Å². The Hall–Kier alpha value is -2.37. The van der Waals surface area contributed by atoms with E-state index in [1.807, 2.05) is 37.3 Å². The fourth-order valence-corrected chi connectivity index (χ4v) is 1.61. The third-order valence-corrected chi connectivity index (χ3v) is 2.57. The molecule has 1 heterocycles. The average molecular weight is 246 g/mol. The van der Waals surface area contributed by atoms with Crippen LogP contribution >= 0.6 is 0 Å². The lowest BCUT2D eigenvalue weighted by molar-refractivity contribution is -0.384. The lowest BCUT2D eigenvalue weighted by atomic mass is 10.2. The molecule has 0 aliphatic heterocycles. The van der Waals surface area contributed by atoms with Gasteiger partial charge in [-0.15, -0.1) is 5.10 Å². The van der Waals surface area contributed by atoms with E-state index in [1.165, 1.54) is 6.20 Å². The number of nitrogens with zero attached hydrogens (tertiary/aromatic N) is 3. The third kappa shape index (κ3) is 2.65. The van der Waals surface area contributed by atoms with Crippen LogP contribution in [0.2, 0.25) is 0 Å². The Bertz CT molecular complexity index is 536. The molecule has 0 atom stereocenters. The summed E-state index contributed by atoms with van der Waals surface area (Å²) in [5.74, 6) is 0.311. The lowest BCUT2D eigenvalue weighted by Gasteiger charge is -2.02. The minimum Gasteiger partial charge on any atom is -0.359 e. The molecule has 1 N–H and O–H groups in total. The van der Waals surface area contributed by atoms with Gasteiger partial charge in [0.05, 0.1) is 4.92 Å². The van der Waals surface area contributed by atoms with Crippen molar-refractivity contribution < 1.29 is 4.92 Å². The monoisotopic (exact) mass is 246 g/mol. The number of anilines is 1. The molecule has 6 nitrogen and oxygen atoms in total. The smallest absolute Gasteiger partial charge is 0.330 e. The SMILES string of the molecule is CCn1cc([N+](=O)[O-])c(NCc2ccccc2)n1. The van der Waals surface area contributed by atoms with Crippen molar-refractivity contribution >= 4 is 11.5 Å². The minimum atomic E-state index is -0.424. The van der Waals surface area contributed by atoms with Gasteiger partial charge in [0.1, 0.15) is 6.20 Å². The van der Waals surface area contributed by atoms with Crippen LogP contribution in [-0.2, 0) is 13.1 Å². The maximum absolute atomic E-state index is 10.9. The standard InChI is InChI=1S/C12H14N4O2/c1-2-15-9-11(16(17)18)12(14-15)13-8-10-6-4-3-5-7-10/h3-7,9H,2,8H2,1H3,(H,13,14). The van der Waals surface area contributed by atoms with Crippen LogP contribution in [-0.4, -0.2) is 14.7 Å². The Kier molecular flexibility index (Phi) is 3.57. The van der Waals surface area contributed by atoms with E-state index in [4.69, 9.17) is 0 Å². The highest BCUT2D eigenvalue weighted by Crippen LogP contribution is 2.22. The molecule has 2 aromatic rings. The minimum absolute atomic E-state index is 0.00720. The molecule has 0 aliphatic carbocycles. The second-order valence-electron chi connectivity index (χ2n) is 3.81. The quantitative estimate of drug-likeness (QED) is 0.649. The van der Waals surface area contributed by atoms with Crippen LogP contribution in [0.5, 0.6) is 0 Å². The van der Waals surface area contributed by atoms with Crippen molar-refractivity contribution in [3.05, 3.63) is 52.2 Å². The Morgan fingerprint density at radius 3 is 2.72 bits per heavy atom. The summed E-state index contributed by atoms with van der Waals surface area (Å²) in [6, 6.07) is 9.69. The summed E-state index contributed by atoms with van der Waals surface area (Å²) in [4.78, 5) is 10.5. The number of nitro groups is 1. The first-order chi connectivity index (χ1) is 8.70. The molecule has 1 aromatic carbocycles. The van der Waals surface area contributed by atoms with Crippen LogP contribution in [0.4, 0.5) is 11.5 Å². The van der Waals surface area contributed by atoms with Gasteiger partial charge < -0.3 is 5.32 Å². The zero-order chi connectivity index (χ0) is 13.0. The summed E-state index contributed by atoms with van der Waals surface area (Å²) in [6.45, 7) is 3.01. The number of aromatic nitrogens is 2. The van der Waals surface area contributed by atoms with Crippen molar-refractivity contribution in [1.29, 1.82) is 0 Å². The van der Waals surface area contributed by atoms with Gasteiger partial charge in [-0.05, 0) is 12.5 Å². The molecule has 0 bridgehead atoms. The van der Waals surface area contributed by atoms with E-state index in [-0.39, 0.29) is 5.69 Å². The Morgan fingerprint density at radius 2 is 2.11 bits per heavy atom. The lowest BCUT2D eigenvalue weighted by Crippen LogP contribution is -2.03. The van der Waals surface area contributed by atoms with Gasteiger partial charge in [0, 0.05) is 13.1 Å². The second kappa shape index (κ2) is 5.31. The predicted octanol–water partition coefficient (Wildman–Crippen LogP) is 2.42. The van der Waals surface area contributed by atoms with Crippen molar-refractivity contribution in [2.75, 3.05) is 5.32 Å². The molecule has 0 unspecified atom stereocenters. The molecule has 18 heavy (non-hydrogen) atoms. The summed E-state index contributed by atoms with van der Waals surface area (Å²) >= 11 is 0. The van der Waals surface area contributed by atoms with E-state index < -0.39 is 4.92 Å². The van der Waals surface area contributed by atoms with Gasteiger partial charge in [-0.1, -0.05) is 30.3 Å². The van der Waals surface area contributed by atoms with E-state index in [1.54, 1.807) is 4.68 Å². The third-order valence-electron chi connectivity index (χ3n) is 2.57. The molecule has 0 saturated carbocycles. The highest BCUT2D eigenvalue weighted by molar-refractivity contribution is 5.54. The van der Waals surface area contributed by atoms with Crippen molar-refractivity contribution in [2.45, 2.75) is 20.0 Å². The molecule has 94 valence electrons. The summed E-state index contributed by atoms with van der Waals surface area (Å²) in [7, 11) is 0. The molecular weight excluding hydrogens is 232 g/mol. The number of hydrogen-bond acceptors (Lipinski definition) is 4. The van der Waals surface area contributed by atoms with Gasteiger partial charge in [0.25, 0.3) is 0 Å². The fraction of sp³-hybridized carbons (Fsp3) is 0.250. The Morgan fingerprint density at radius 1 is 1.39 bits per heavy atom. The maximum Gasteiger partial charge on any atom is 0.330 e. The second-order valence-corrected chi connectivity index (χ2v) is 3.81. The van der Waals surface area contributed by atoms with Gasteiger partial charge in [0.2, 0.25) is 5.82 Å². The van der Waals surface area contributed by atoms with Crippen LogP contribution in [0.1, 0.15) is 12.5 Å². The van der Waals surface area contributed by atoms with Crippen LogP contribution in [0.3, 0.4) is 0 Å². The molecule has 0 spiro atoms. The first-order valence-electron chi connectivity index (χ1n) is 5.70. The van der Waals surface area contributed by atoms with Crippen molar-refractivity contribution in [1.82, 2.24) is 9.78 Å². The highest BCUT2D eigenvalue weighted by Gasteiger charge is 2.18. The molecule has 0 radical (unpaired) electrons. The van der Waals surface area contributed by atoms with Gasteiger partial charge in [-0.3, -0.25) is 14.8 Å². The van der Waals surface area contributed by atoms with Crippen molar-refractivity contribution in [3.63, 3.8) is 0 Å². The normalized spacial score (nSPS) is 10.3. The Balaban J connectivity index is 2.13. The van der Waals surface area contributed by atoms with Gasteiger partial charge in [-0.2, -0.15) is 0 Å². The molecule has 0 aliphatic rings. The molecule has 1 aromatic heterocycles. The van der Waals surface area contributed by atoms with E-state index in [0.717, 1.165) is 5.56 Å². The average Bonchev–Trinajstić information content (AvgIpc) is 2.81. The van der Waals surface area contributed by atoms with Gasteiger partial charge in [0.15, 0.2) is 0 Å². The largest absolute Gasteiger partial charge is 0.359 e. The topological polar surface area (TPSA) is 73.0 Å². The van der Waals surface area contributed by atoms with Gasteiger partial charge in [-0.25, -0.2) is 0 Å². The van der Waals surface area contributed by atoms with Gasteiger partial charge >= 0.3 is 5.69 Å². The van der Waals surface area contributed by atoms with Crippen molar-refractivity contribution in [3.8, 4) is 0 Å². The van der Waals surface area contributed by atoms with Crippen LogP contribution in [0.25, 0.3) is 0 Å². The van der Waals surface area contributed by atoms with Crippen LogP contribution < -0.4 is 5.32 Å². The zero-order valence-corrected chi connectivity index (χ0v) is 10.0. The molecule has 0 fully saturated rings. The number of hydrogen-bond donors (Lipinski definition) is 1. The summed E-state index contributed by atoms with van der Waals surface area (Å²) in [6.07, 6.45) is 1.44. The predicted molar refractivity (Wildman–Crippen MR) is 68.3 cm³/mol. The number of aryl methyl sites for hydroxylation is 1. The molecule has 2 rings (SSSR count). The number of rotatable bonds is 5. The maximum atomic E-state index is 10.9. The molecule has 6 heteroatoms. The number of benzene rings is 1. The van der Waals surface area contributed by atoms with E-state index in [9.17, 15) is 10.1 Å². The van der Waals surface area contributed by atoms with E-state index in [2.05, 4.69) is 10.4 Å². The summed E-state index contributed by atoms with van der Waals surface area (Å²) < 4.78 is 1.55. The van der Waals surface area contributed by atoms with E-state index >= 15 is 0 Å². The first kappa shape index (κ1) is 12.1. The van der Waals surface area contributed by atoms with Crippen LogP contribution in [0, 0.1) is 10.1 Å². The molecular formula is C12H14N4O2. The molecule has 0 saturated heterocycles. The number of nitrogens with one attached hydrogen (secondary N) is 1. The first-order valence-corrected chi connectivity index (χ1v) is 5.70. The Labute approximate surface area is 104 Å². The zero-order valence-electron chi connectivity index (χ0n) is 10.0. The van der Waals surface area contributed by atoms with E-state index in [0.29, 0.717) is 18.9 Å². The summed E-state index contributed by atoms with van der Waals surface area (Å²) in [5, 5.41) is 18.0.